The zero-order valence-corrected chi connectivity index (χ0v) is 7.39. The van der Waals surface area contributed by atoms with Crippen molar-refractivity contribution in [1.82, 2.24) is 5.32 Å². The third-order valence-electron chi connectivity index (χ3n) is 2.92. The molecule has 2 heterocycles. The van der Waals surface area contributed by atoms with Crippen LogP contribution in [-0.2, 0) is 4.74 Å². The summed E-state index contributed by atoms with van der Waals surface area (Å²) >= 11 is 0. The van der Waals surface area contributed by atoms with E-state index in [0.717, 1.165) is 6.42 Å². The average molecular weight is 155 g/mol. The maximum Gasteiger partial charge on any atom is 0.117 e. The Labute approximate surface area is 68.3 Å². The van der Waals surface area contributed by atoms with Crippen molar-refractivity contribution in [2.45, 2.75) is 57.4 Å². The van der Waals surface area contributed by atoms with Crippen LogP contribution in [0.15, 0.2) is 0 Å². The molecule has 0 saturated carbocycles. The van der Waals surface area contributed by atoms with E-state index in [2.05, 4.69) is 19.2 Å². The van der Waals surface area contributed by atoms with Crippen molar-refractivity contribution in [2.24, 2.45) is 0 Å². The van der Waals surface area contributed by atoms with E-state index in [4.69, 9.17) is 4.74 Å². The molecule has 0 amide bonds. The van der Waals surface area contributed by atoms with E-state index in [9.17, 15) is 0 Å². The van der Waals surface area contributed by atoms with Gasteiger partial charge in [-0.3, -0.25) is 5.32 Å². The second-order valence-corrected chi connectivity index (χ2v) is 3.94. The summed E-state index contributed by atoms with van der Waals surface area (Å²) in [4.78, 5) is 0. The quantitative estimate of drug-likeness (QED) is 0.621. The molecule has 0 aromatic carbocycles. The maximum atomic E-state index is 5.91. The monoisotopic (exact) mass is 155 g/mol. The first-order valence-corrected chi connectivity index (χ1v) is 4.69. The van der Waals surface area contributed by atoms with Gasteiger partial charge in [-0.25, -0.2) is 0 Å². The van der Waals surface area contributed by atoms with Gasteiger partial charge in [0.2, 0.25) is 0 Å². The molecule has 0 aromatic rings. The second kappa shape index (κ2) is 2.46. The summed E-state index contributed by atoms with van der Waals surface area (Å²) in [6.07, 6.45) is 5.42. The summed E-state index contributed by atoms with van der Waals surface area (Å²) < 4.78 is 5.91. The number of hydrogen-bond acceptors (Lipinski definition) is 2. The fourth-order valence-corrected chi connectivity index (χ4v) is 2.35. The van der Waals surface area contributed by atoms with Gasteiger partial charge in [-0.05, 0) is 32.6 Å². The molecule has 2 fully saturated rings. The fraction of sp³-hybridized carbons (Fsp3) is 1.00. The standard InChI is InChI=1S/C9H17NO/c1-3-8-7-5-4-6-9(2,10-7)11-8/h7-8,10H,3-6H2,1-2H3. The summed E-state index contributed by atoms with van der Waals surface area (Å²) in [5, 5.41) is 3.55. The molecular formula is C9H17NO. The van der Waals surface area contributed by atoms with Gasteiger partial charge in [0.05, 0.1) is 6.10 Å². The molecule has 0 aromatic heterocycles. The van der Waals surface area contributed by atoms with Crippen LogP contribution >= 0.6 is 0 Å². The van der Waals surface area contributed by atoms with Crippen LogP contribution in [0.3, 0.4) is 0 Å². The highest BCUT2D eigenvalue weighted by Gasteiger charge is 2.44. The van der Waals surface area contributed by atoms with Crippen LogP contribution in [0, 0.1) is 0 Å². The van der Waals surface area contributed by atoms with Crippen LogP contribution in [0.1, 0.15) is 39.5 Å². The number of fused-ring (bicyclic) bond motifs is 2. The average Bonchev–Trinajstić information content (AvgIpc) is 2.21. The van der Waals surface area contributed by atoms with E-state index in [0.29, 0.717) is 12.1 Å². The highest BCUT2D eigenvalue weighted by molar-refractivity contribution is 4.95. The number of nitrogens with one attached hydrogen (secondary N) is 1. The highest BCUT2D eigenvalue weighted by atomic mass is 16.5. The van der Waals surface area contributed by atoms with E-state index >= 15 is 0 Å². The molecular weight excluding hydrogens is 138 g/mol. The van der Waals surface area contributed by atoms with E-state index < -0.39 is 0 Å². The molecule has 64 valence electrons. The normalized spacial score (nSPS) is 49.6. The minimum atomic E-state index is 0.0175. The highest BCUT2D eigenvalue weighted by Crippen LogP contribution is 2.34. The molecule has 2 aliphatic heterocycles. The van der Waals surface area contributed by atoms with Gasteiger partial charge in [-0.15, -0.1) is 0 Å². The molecule has 3 unspecified atom stereocenters. The topological polar surface area (TPSA) is 21.3 Å². The van der Waals surface area contributed by atoms with Crippen molar-refractivity contribution < 1.29 is 4.74 Å². The third-order valence-corrected chi connectivity index (χ3v) is 2.92. The van der Waals surface area contributed by atoms with E-state index in [1.54, 1.807) is 0 Å². The van der Waals surface area contributed by atoms with Crippen molar-refractivity contribution >= 4 is 0 Å². The van der Waals surface area contributed by atoms with Gasteiger partial charge in [0, 0.05) is 6.04 Å². The minimum Gasteiger partial charge on any atom is -0.356 e. The summed E-state index contributed by atoms with van der Waals surface area (Å²) in [6, 6.07) is 0.638. The Morgan fingerprint density at radius 2 is 2.45 bits per heavy atom. The van der Waals surface area contributed by atoms with Crippen molar-refractivity contribution in [3.8, 4) is 0 Å². The first kappa shape index (κ1) is 7.56. The molecule has 11 heavy (non-hydrogen) atoms. The largest absolute Gasteiger partial charge is 0.356 e. The lowest BCUT2D eigenvalue weighted by Gasteiger charge is -2.28. The van der Waals surface area contributed by atoms with E-state index in [1.807, 2.05) is 0 Å². The Hall–Kier alpha value is -0.0800. The van der Waals surface area contributed by atoms with Crippen LogP contribution < -0.4 is 5.32 Å². The van der Waals surface area contributed by atoms with Gasteiger partial charge in [0.1, 0.15) is 5.72 Å². The molecule has 1 N–H and O–H groups in total. The number of rotatable bonds is 1. The first-order chi connectivity index (χ1) is 5.23. The molecule has 2 nitrogen and oxygen atoms in total. The van der Waals surface area contributed by atoms with Crippen molar-refractivity contribution in [3.05, 3.63) is 0 Å². The smallest absolute Gasteiger partial charge is 0.117 e. The van der Waals surface area contributed by atoms with Crippen LogP contribution in [0.25, 0.3) is 0 Å². The predicted molar refractivity (Wildman–Crippen MR) is 44.3 cm³/mol. The lowest BCUT2D eigenvalue weighted by molar-refractivity contribution is -0.0407. The molecule has 3 atom stereocenters. The molecule has 2 saturated heterocycles. The third kappa shape index (κ3) is 1.18. The fourth-order valence-electron chi connectivity index (χ4n) is 2.35. The molecule has 2 bridgehead atoms. The van der Waals surface area contributed by atoms with Gasteiger partial charge in [-0.1, -0.05) is 6.92 Å². The van der Waals surface area contributed by atoms with Gasteiger partial charge in [0.25, 0.3) is 0 Å². The molecule has 0 radical (unpaired) electrons. The van der Waals surface area contributed by atoms with Gasteiger partial charge in [0.15, 0.2) is 0 Å². The zero-order valence-electron chi connectivity index (χ0n) is 7.39. The second-order valence-electron chi connectivity index (χ2n) is 3.94. The summed E-state index contributed by atoms with van der Waals surface area (Å²) in [7, 11) is 0. The molecule has 0 aliphatic carbocycles. The Morgan fingerprint density at radius 1 is 1.64 bits per heavy atom. The van der Waals surface area contributed by atoms with Crippen LogP contribution in [0.4, 0.5) is 0 Å². The number of ether oxygens (including phenoxy) is 1. The van der Waals surface area contributed by atoms with Gasteiger partial charge < -0.3 is 4.74 Å². The molecule has 0 spiro atoms. The Kier molecular flexibility index (Phi) is 1.69. The molecule has 2 rings (SSSR count). The predicted octanol–water partition coefficient (Wildman–Crippen LogP) is 1.65. The van der Waals surface area contributed by atoms with Gasteiger partial charge >= 0.3 is 0 Å². The molecule has 2 heteroatoms. The van der Waals surface area contributed by atoms with Crippen molar-refractivity contribution in [2.75, 3.05) is 0 Å². The zero-order chi connectivity index (χ0) is 7.90. The van der Waals surface area contributed by atoms with Crippen molar-refractivity contribution in [3.63, 3.8) is 0 Å². The molecule has 2 aliphatic rings. The van der Waals surface area contributed by atoms with E-state index in [-0.39, 0.29) is 5.72 Å². The van der Waals surface area contributed by atoms with Crippen LogP contribution in [0.5, 0.6) is 0 Å². The summed E-state index contributed by atoms with van der Waals surface area (Å²) in [5.41, 5.74) is 0.0175. The minimum absolute atomic E-state index is 0.0175. The maximum absolute atomic E-state index is 5.91. The van der Waals surface area contributed by atoms with Crippen LogP contribution in [-0.4, -0.2) is 17.9 Å². The summed E-state index contributed by atoms with van der Waals surface area (Å²) in [5.74, 6) is 0. The van der Waals surface area contributed by atoms with E-state index in [1.165, 1.54) is 19.3 Å². The SMILES string of the molecule is CCC1OC2(C)CCCC1N2. The van der Waals surface area contributed by atoms with Crippen LogP contribution in [0.2, 0.25) is 0 Å². The number of hydrogen-bond donors (Lipinski definition) is 1. The first-order valence-electron chi connectivity index (χ1n) is 4.69. The van der Waals surface area contributed by atoms with Crippen molar-refractivity contribution in [1.29, 1.82) is 0 Å². The Morgan fingerprint density at radius 3 is 3.09 bits per heavy atom. The number of piperidine rings is 1. The Bertz CT molecular complexity index is 160. The Balaban J connectivity index is 2.10. The van der Waals surface area contributed by atoms with Gasteiger partial charge in [-0.2, -0.15) is 0 Å². The lowest BCUT2D eigenvalue weighted by Crippen LogP contribution is -2.45. The summed E-state index contributed by atoms with van der Waals surface area (Å²) in [6.45, 7) is 4.38. The lowest BCUT2D eigenvalue weighted by atomic mass is 9.97.